The Kier molecular flexibility index (Phi) is 4.85. The van der Waals surface area contributed by atoms with Crippen LogP contribution in [0.25, 0.3) is 0 Å². The minimum Gasteiger partial charge on any atom is -0.354 e. The van der Waals surface area contributed by atoms with Crippen molar-refractivity contribution in [1.29, 1.82) is 0 Å². The van der Waals surface area contributed by atoms with Crippen molar-refractivity contribution in [1.82, 2.24) is 5.32 Å². The van der Waals surface area contributed by atoms with E-state index in [1.165, 1.54) is 19.3 Å². The molecule has 0 bridgehead atoms. The Bertz CT molecular complexity index is 269. The third kappa shape index (κ3) is 2.94. The molecule has 0 aliphatic heterocycles. The van der Waals surface area contributed by atoms with Crippen LogP contribution < -0.4 is 11.1 Å². The SMILES string of the molecule is CCC(N)(CC)CNC(=O)C1C2CCCC21.Cl. The maximum absolute atomic E-state index is 11.9. The summed E-state index contributed by atoms with van der Waals surface area (Å²) in [4.78, 5) is 11.9. The molecule has 17 heavy (non-hydrogen) atoms. The van der Waals surface area contributed by atoms with Gasteiger partial charge in [0.1, 0.15) is 0 Å². The van der Waals surface area contributed by atoms with Crippen LogP contribution in [0.2, 0.25) is 0 Å². The highest BCUT2D eigenvalue weighted by molar-refractivity contribution is 5.85. The van der Waals surface area contributed by atoms with Crippen LogP contribution in [0.4, 0.5) is 0 Å². The van der Waals surface area contributed by atoms with Gasteiger partial charge in [-0.05, 0) is 37.5 Å². The lowest BCUT2D eigenvalue weighted by molar-refractivity contribution is -0.123. The number of amides is 1. The molecule has 1 amide bonds. The summed E-state index contributed by atoms with van der Waals surface area (Å²) < 4.78 is 0. The first-order valence-corrected chi connectivity index (χ1v) is 6.68. The van der Waals surface area contributed by atoms with E-state index in [-0.39, 0.29) is 23.9 Å². The first kappa shape index (κ1) is 14.8. The van der Waals surface area contributed by atoms with Gasteiger partial charge in [-0.15, -0.1) is 12.4 Å². The highest BCUT2D eigenvalue weighted by atomic mass is 35.5. The Hall–Kier alpha value is -0.280. The van der Waals surface area contributed by atoms with Crippen molar-refractivity contribution in [2.45, 2.75) is 51.5 Å². The predicted molar refractivity (Wildman–Crippen MR) is 72.1 cm³/mol. The lowest BCUT2D eigenvalue weighted by Gasteiger charge is -2.27. The van der Waals surface area contributed by atoms with E-state index in [4.69, 9.17) is 5.73 Å². The molecular weight excluding hydrogens is 236 g/mol. The van der Waals surface area contributed by atoms with Crippen LogP contribution in [-0.4, -0.2) is 18.0 Å². The number of fused-ring (bicyclic) bond motifs is 1. The number of hydrogen-bond acceptors (Lipinski definition) is 2. The second-order valence-electron chi connectivity index (χ2n) is 5.57. The number of carbonyl (C=O) groups is 1. The molecule has 0 heterocycles. The molecule has 0 spiro atoms. The molecule has 3 N–H and O–H groups in total. The summed E-state index contributed by atoms with van der Waals surface area (Å²) in [6, 6.07) is 0. The van der Waals surface area contributed by atoms with Crippen molar-refractivity contribution in [3.8, 4) is 0 Å². The molecule has 2 aliphatic carbocycles. The lowest BCUT2D eigenvalue weighted by atomic mass is 9.94. The smallest absolute Gasteiger partial charge is 0.223 e. The molecule has 3 nitrogen and oxygen atoms in total. The molecule has 2 unspecified atom stereocenters. The van der Waals surface area contributed by atoms with Crippen molar-refractivity contribution < 1.29 is 4.79 Å². The molecule has 2 atom stereocenters. The molecule has 2 aliphatic rings. The molecule has 0 saturated heterocycles. The van der Waals surface area contributed by atoms with E-state index in [2.05, 4.69) is 19.2 Å². The van der Waals surface area contributed by atoms with Gasteiger partial charge in [0.05, 0.1) is 0 Å². The average molecular weight is 261 g/mol. The summed E-state index contributed by atoms with van der Waals surface area (Å²) in [6.45, 7) is 4.80. The number of halogens is 1. The van der Waals surface area contributed by atoms with Gasteiger partial charge in [-0.1, -0.05) is 20.3 Å². The molecule has 4 heteroatoms. The van der Waals surface area contributed by atoms with Gasteiger partial charge in [0.15, 0.2) is 0 Å². The Morgan fingerprint density at radius 2 is 1.82 bits per heavy atom. The maximum atomic E-state index is 11.9. The summed E-state index contributed by atoms with van der Waals surface area (Å²) in [5, 5.41) is 3.05. The van der Waals surface area contributed by atoms with Crippen molar-refractivity contribution in [2.75, 3.05) is 6.54 Å². The van der Waals surface area contributed by atoms with Crippen molar-refractivity contribution in [2.24, 2.45) is 23.5 Å². The summed E-state index contributed by atoms with van der Waals surface area (Å²) in [7, 11) is 0. The molecule has 0 aromatic carbocycles. The fraction of sp³-hybridized carbons (Fsp3) is 0.923. The maximum Gasteiger partial charge on any atom is 0.223 e. The van der Waals surface area contributed by atoms with Gasteiger partial charge in [-0.2, -0.15) is 0 Å². The number of carbonyl (C=O) groups excluding carboxylic acids is 1. The Balaban J connectivity index is 0.00000144. The van der Waals surface area contributed by atoms with Crippen molar-refractivity contribution in [3.05, 3.63) is 0 Å². The molecule has 2 saturated carbocycles. The Morgan fingerprint density at radius 3 is 2.29 bits per heavy atom. The topological polar surface area (TPSA) is 55.1 Å². The van der Waals surface area contributed by atoms with Crippen LogP contribution in [0.15, 0.2) is 0 Å². The highest BCUT2D eigenvalue weighted by Crippen LogP contribution is 2.57. The average Bonchev–Trinajstić information content (AvgIpc) is 2.79. The van der Waals surface area contributed by atoms with Gasteiger partial charge in [-0.3, -0.25) is 4.79 Å². The minimum atomic E-state index is -0.209. The zero-order valence-corrected chi connectivity index (χ0v) is 11.7. The van der Waals surface area contributed by atoms with E-state index >= 15 is 0 Å². The molecule has 2 rings (SSSR count). The molecule has 2 fully saturated rings. The first-order valence-electron chi connectivity index (χ1n) is 6.68. The Morgan fingerprint density at radius 1 is 1.29 bits per heavy atom. The van der Waals surface area contributed by atoms with Crippen LogP contribution in [0.5, 0.6) is 0 Å². The summed E-state index contributed by atoms with van der Waals surface area (Å²) >= 11 is 0. The van der Waals surface area contributed by atoms with E-state index < -0.39 is 0 Å². The van der Waals surface area contributed by atoms with Crippen LogP contribution in [0, 0.1) is 17.8 Å². The molecular formula is C13H25ClN2O. The molecule has 0 aromatic rings. The van der Waals surface area contributed by atoms with Gasteiger partial charge in [0, 0.05) is 18.0 Å². The monoisotopic (exact) mass is 260 g/mol. The quantitative estimate of drug-likeness (QED) is 0.795. The number of nitrogens with one attached hydrogen (secondary N) is 1. The van der Waals surface area contributed by atoms with Gasteiger partial charge < -0.3 is 11.1 Å². The van der Waals surface area contributed by atoms with E-state index in [0.717, 1.165) is 12.8 Å². The fourth-order valence-corrected chi connectivity index (χ4v) is 3.09. The first-order chi connectivity index (χ1) is 7.61. The molecule has 0 radical (unpaired) electrons. The molecule has 0 aromatic heterocycles. The number of rotatable bonds is 5. The largest absolute Gasteiger partial charge is 0.354 e. The van der Waals surface area contributed by atoms with Crippen molar-refractivity contribution in [3.63, 3.8) is 0 Å². The zero-order chi connectivity index (χ0) is 11.8. The van der Waals surface area contributed by atoms with Crippen LogP contribution in [0.3, 0.4) is 0 Å². The van der Waals surface area contributed by atoms with E-state index in [1.54, 1.807) is 0 Å². The van der Waals surface area contributed by atoms with Crippen LogP contribution in [-0.2, 0) is 4.79 Å². The van der Waals surface area contributed by atoms with Gasteiger partial charge >= 0.3 is 0 Å². The van der Waals surface area contributed by atoms with E-state index in [9.17, 15) is 4.79 Å². The number of nitrogens with two attached hydrogens (primary N) is 1. The van der Waals surface area contributed by atoms with Crippen LogP contribution in [0.1, 0.15) is 46.0 Å². The summed E-state index contributed by atoms with van der Waals surface area (Å²) in [5.41, 5.74) is 5.96. The fourth-order valence-electron chi connectivity index (χ4n) is 3.09. The number of hydrogen-bond donors (Lipinski definition) is 2. The second kappa shape index (κ2) is 5.57. The minimum absolute atomic E-state index is 0. The third-order valence-electron chi connectivity index (χ3n) is 4.73. The second-order valence-corrected chi connectivity index (χ2v) is 5.57. The van der Waals surface area contributed by atoms with Crippen LogP contribution >= 0.6 is 12.4 Å². The van der Waals surface area contributed by atoms with Gasteiger partial charge in [0.25, 0.3) is 0 Å². The third-order valence-corrected chi connectivity index (χ3v) is 4.73. The highest BCUT2D eigenvalue weighted by Gasteiger charge is 2.56. The Labute approximate surface area is 110 Å². The van der Waals surface area contributed by atoms with E-state index in [1.807, 2.05) is 0 Å². The van der Waals surface area contributed by atoms with Gasteiger partial charge in [-0.25, -0.2) is 0 Å². The van der Waals surface area contributed by atoms with E-state index in [0.29, 0.717) is 24.3 Å². The zero-order valence-electron chi connectivity index (χ0n) is 10.9. The molecule has 100 valence electrons. The predicted octanol–water partition coefficient (Wildman–Crippen LogP) is 2.09. The normalized spacial score (nSPS) is 30.4. The van der Waals surface area contributed by atoms with Crippen molar-refractivity contribution >= 4 is 18.3 Å². The standard InChI is InChI=1S/C13H24N2O.ClH/c1-3-13(14,4-2)8-15-12(16)11-9-6-5-7-10(9)11;/h9-11H,3-8,14H2,1-2H3,(H,15,16);1H. The lowest BCUT2D eigenvalue weighted by Crippen LogP contribution is -2.49. The van der Waals surface area contributed by atoms with Gasteiger partial charge in [0.2, 0.25) is 5.91 Å². The summed E-state index contributed by atoms with van der Waals surface area (Å²) in [5.74, 6) is 1.99. The summed E-state index contributed by atoms with van der Waals surface area (Å²) in [6.07, 6.45) is 5.68.